The molecule has 1 saturated heterocycles. The second-order valence-electron chi connectivity index (χ2n) is 5.25. The molecule has 2 aromatic rings. The molecule has 0 saturated carbocycles. The molecule has 0 unspecified atom stereocenters. The molecular formula is C17H17N3O2. The Kier molecular flexibility index (Phi) is 4.14. The van der Waals surface area contributed by atoms with Gasteiger partial charge in [0.25, 0.3) is 11.8 Å². The van der Waals surface area contributed by atoms with Gasteiger partial charge in [-0.05, 0) is 37.1 Å². The maximum atomic E-state index is 12.3. The summed E-state index contributed by atoms with van der Waals surface area (Å²) in [5.74, 6) is -0.351. The van der Waals surface area contributed by atoms with E-state index >= 15 is 0 Å². The van der Waals surface area contributed by atoms with E-state index in [9.17, 15) is 9.59 Å². The molecule has 1 aliphatic rings. The number of hydrogen-bond acceptors (Lipinski definition) is 3. The predicted octanol–water partition coefficient (Wildman–Crippen LogP) is 2.57. The summed E-state index contributed by atoms with van der Waals surface area (Å²) in [6.07, 6.45) is 3.58. The van der Waals surface area contributed by atoms with Gasteiger partial charge in [0, 0.05) is 30.5 Å². The van der Waals surface area contributed by atoms with Gasteiger partial charge in [-0.2, -0.15) is 0 Å². The molecule has 0 aliphatic carbocycles. The number of para-hydroxylation sites is 1. The number of amides is 2. The van der Waals surface area contributed by atoms with Crippen LogP contribution in [0.2, 0.25) is 0 Å². The molecule has 0 radical (unpaired) electrons. The topological polar surface area (TPSA) is 62.3 Å². The van der Waals surface area contributed by atoms with Crippen molar-refractivity contribution in [1.82, 2.24) is 9.88 Å². The predicted molar refractivity (Wildman–Crippen MR) is 83.8 cm³/mol. The Morgan fingerprint density at radius 1 is 1.05 bits per heavy atom. The minimum atomic E-state index is -0.317. The van der Waals surface area contributed by atoms with Gasteiger partial charge < -0.3 is 10.2 Å². The number of likely N-dealkylation sites (tertiary alicyclic amines) is 1. The van der Waals surface area contributed by atoms with E-state index in [-0.39, 0.29) is 17.5 Å². The van der Waals surface area contributed by atoms with Gasteiger partial charge in [0.1, 0.15) is 5.69 Å². The SMILES string of the molecule is O=C(Nc1ccccc1)c1cc(C(=O)N2CCCC2)ccn1. The van der Waals surface area contributed by atoms with Crippen LogP contribution in [0.1, 0.15) is 33.7 Å². The van der Waals surface area contributed by atoms with Crippen molar-refractivity contribution in [3.05, 3.63) is 59.9 Å². The highest BCUT2D eigenvalue weighted by Crippen LogP contribution is 2.14. The number of pyridine rings is 1. The van der Waals surface area contributed by atoms with Crippen molar-refractivity contribution in [3.63, 3.8) is 0 Å². The smallest absolute Gasteiger partial charge is 0.274 e. The summed E-state index contributed by atoms with van der Waals surface area (Å²) in [7, 11) is 0. The highest BCUT2D eigenvalue weighted by atomic mass is 16.2. The van der Waals surface area contributed by atoms with E-state index in [0.717, 1.165) is 25.9 Å². The third-order valence-corrected chi connectivity index (χ3v) is 3.66. The van der Waals surface area contributed by atoms with Gasteiger partial charge in [-0.1, -0.05) is 18.2 Å². The van der Waals surface area contributed by atoms with Crippen molar-refractivity contribution in [3.8, 4) is 0 Å². The highest BCUT2D eigenvalue weighted by molar-refractivity contribution is 6.04. The van der Waals surface area contributed by atoms with Gasteiger partial charge in [0.05, 0.1) is 0 Å². The van der Waals surface area contributed by atoms with Crippen LogP contribution in [0.3, 0.4) is 0 Å². The van der Waals surface area contributed by atoms with Crippen molar-refractivity contribution in [1.29, 1.82) is 0 Å². The molecule has 0 atom stereocenters. The molecule has 1 aliphatic heterocycles. The normalized spacial score (nSPS) is 13.9. The molecule has 1 aromatic carbocycles. The molecule has 2 amide bonds. The molecule has 5 nitrogen and oxygen atoms in total. The first-order valence-electron chi connectivity index (χ1n) is 7.36. The average molecular weight is 295 g/mol. The Morgan fingerprint density at radius 3 is 2.50 bits per heavy atom. The lowest BCUT2D eigenvalue weighted by Gasteiger charge is -2.15. The first-order chi connectivity index (χ1) is 10.7. The molecule has 22 heavy (non-hydrogen) atoms. The van der Waals surface area contributed by atoms with Crippen LogP contribution < -0.4 is 5.32 Å². The zero-order valence-electron chi connectivity index (χ0n) is 12.2. The lowest BCUT2D eigenvalue weighted by Crippen LogP contribution is -2.28. The summed E-state index contributed by atoms with van der Waals surface area (Å²) in [5, 5.41) is 2.77. The van der Waals surface area contributed by atoms with Gasteiger partial charge in [0.15, 0.2) is 0 Å². The number of nitrogens with zero attached hydrogens (tertiary/aromatic N) is 2. The summed E-state index contributed by atoms with van der Waals surface area (Å²) >= 11 is 0. The van der Waals surface area contributed by atoms with E-state index in [4.69, 9.17) is 0 Å². The maximum absolute atomic E-state index is 12.3. The molecular weight excluding hydrogens is 278 g/mol. The Labute approximate surface area is 129 Å². The van der Waals surface area contributed by atoms with Crippen LogP contribution in [-0.2, 0) is 0 Å². The van der Waals surface area contributed by atoms with Crippen LogP contribution in [0, 0.1) is 0 Å². The van der Waals surface area contributed by atoms with Crippen LogP contribution in [0.25, 0.3) is 0 Å². The first kappa shape index (κ1) is 14.3. The highest BCUT2D eigenvalue weighted by Gasteiger charge is 2.20. The summed E-state index contributed by atoms with van der Waals surface area (Å²) in [5.41, 5.74) is 1.45. The van der Waals surface area contributed by atoms with E-state index in [0.29, 0.717) is 11.3 Å². The van der Waals surface area contributed by atoms with Gasteiger partial charge in [-0.25, -0.2) is 0 Å². The largest absolute Gasteiger partial charge is 0.339 e. The number of carbonyl (C=O) groups is 2. The lowest BCUT2D eigenvalue weighted by molar-refractivity contribution is 0.0792. The minimum Gasteiger partial charge on any atom is -0.339 e. The minimum absolute atomic E-state index is 0.0336. The quantitative estimate of drug-likeness (QED) is 0.946. The zero-order chi connectivity index (χ0) is 15.4. The Morgan fingerprint density at radius 2 is 1.77 bits per heavy atom. The van der Waals surface area contributed by atoms with E-state index in [1.165, 1.54) is 6.20 Å². The fourth-order valence-corrected chi connectivity index (χ4v) is 2.51. The summed E-state index contributed by atoms with van der Waals surface area (Å²) in [6, 6.07) is 12.4. The van der Waals surface area contributed by atoms with Crippen molar-refractivity contribution in [2.75, 3.05) is 18.4 Å². The van der Waals surface area contributed by atoms with Crippen molar-refractivity contribution in [2.24, 2.45) is 0 Å². The fourth-order valence-electron chi connectivity index (χ4n) is 2.51. The number of hydrogen-bond donors (Lipinski definition) is 1. The number of aromatic nitrogens is 1. The number of nitrogens with one attached hydrogen (secondary N) is 1. The molecule has 1 fully saturated rings. The number of anilines is 1. The third kappa shape index (κ3) is 3.14. The lowest BCUT2D eigenvalue weighted by atomic mass is 10.2. The molecule has 112 valence electrons. The number of benzene rings is 1. The monoisotopic (exact) mass is 295 g/mol. The molecule has 0 spiro atoms. The van der Waals surface area contributed by atoms with Crippen molar-refractivity contribution < 1.29 is 9.59 Å². The molecule has 1 aromatic heterocycles. The molecule has 1 N–H and O–H groups in total. The summed E-state index contributed by atoms with van der Waals surface area (Å²) in [6.45, 7) is 1.57. The van der Waals surface area contributed by atoms with E-state index in [2.05, 4.69) is 10.3 Å². The second kappa shape index (κ2) is 6.39. The number of rotatable bonds is 3. The Bertz CT molecular complexity index is 679. The van der Waals surface area contributed by atoms with Gasteiger partial charge in [-0.15, -0.1) is 0 Å². The van der Waals surface area contributed by atoms with Crippen LogP contribution >= 0.6 is 0 Å². The summed E-state index contributed by atoms with van der Waals surface area (Å²) < 4.78 is 0. The van der Waals surface area contributed by atoms with E-state index < -0.39 is 0 Å². The molecule has 2 heterocycles. The molecule has 0 bridgehead atoms. The second-order valence-corrected chi connectivity index (χ2v) is 5.25. The van der Waals surface area contributed by atoms with Crippen molar-refractivity contribution >= 4 is 17.5 Å². The fraction of sp³-hybridized carbons (Fsp3) is 0.235. The van der Waals surface area contributed by atoms with E-state index in [1.54, 1.807) is 24.3 Å². The van der Waals surface area contributed by atoms with Gasteiger partial charge >= 0.3 is 0 Å². The van der Waals surface area contributed by atoms with E-state index in [1.807, 2.05) is 23.1 Å². The standard InChI is InChI=1S/C17H17N3O2/c21-16(19-14-6-2-1-3-7-14)15-12-13(8-9-18-15)17(22)20-10-4-5-11-20/h1-3,6-9,12H,4-5,10-11H2,(H,19,21). The Balaban J connectivity index is 1.75. The zero-order valence-corrected chi connectivity index (χ0v) is 12.2. The summed E-state index contributed by atoms with van der Waals surface area (Å²) in [4.78, 5) is 30.4. The van der Waals surface area contributed by atoms with Crippen LogP contribution in [-0.4, -0.2) is 34.8 Å². The average Bonchev–Trinajstić information content (AvgIpc) is 3.09. The van der Waals surface area contributed by atoms with Crippen LogP contribution in [0.15, 0.2) is 48.7 Å². The van der Waals surface area contributed by atoms with Gasteiger partial charge in [-0.3, -0.25) is 14.6 Å². The molecule has 5 heteroatoms. The number of carbonyl (C=O) groups excluding carboxylic acids is 2. The van der Waals surface area contributed by atoms with Crippen LogP contribution in [0.4, 0.5) is 5.69 Å². The molecule has 3 rings (SSSR count). The van der Waals surface area contributed by atoms with Crippen LogP contribution in [0.5, 0.6) is 0 Å². The van der Waals surface area contributed by atoms with Crippen molar-refractivity contribution in [2.45, 2.75) is 12.8 Å². The Hall–Kier alpha value is -2.69. The third-order valence-electron chi connectivity index (χ3n) is 3.66. The first-order valence-corrected chi connectivity index (χ1v) is 7.36. The van der Waals surface area contributed by atoms with Gasteiger partial charge in [0.2, 0.25) is 0 Å². The maximum Gasteiger partial charge on any atom is 0.274 e.